The van der Waals surface area contributed by atoms with Crippen LogP contribution in [0.5, 0.6) is 0 Å². The third-order valence-corrected chi connectivity index (χ3v) is 4.72. The minimum Gasteiger partial charge on any atom is -0.469 e. The Morgan fingerprint density at radius 3 is 2.45 bits per heavy atom. The van der Waals surface area contributed by atoms with Crippen molar-refractivity contribution in [3.05, 3.63) is 35.9 Å². The Kier molecular flexibility index (Phi) is 5.73. The molecule has 1 saturated carbocycles. The third-order valence-electron chi connectivity index (χ3n) is 4.72. The molecule has 29 heavy (non-hydrogen) atoms. The van der Waals surface area contributed by atoms with Crippen LogP contribution in [0.25, 0.3) is 0 Å². The van der Waals surface area contributed by atoms with Gasteiger partial charge in [-0.15, -0.1) is 0 Å². The van der Waals surface area contributed by atoms with E-state index in [9.17, 15) is 14.4 Å². The average molecular weight is 405 g/mol. The first-order valence-electron chi connectivity index (χ1n) is 9.01. The van der Waals surface area contributed by atoms with Gasteiger partial charge in [-0.2, -0.15) is 0 Å². The van der Waals surface area contributed by atoms with Crippen LogP contribution >= 0.6 is 0 Å². The highest BCUT2D eigenvalue weighted by molar-refractivity contribution is 6.00. The first-order valence-corrected chi connectivity index (χ1v) is 9.01. The predicted octanol–water partition coefficient (Wildman–Crippen LogP) is 1.15. The summed E-state index contributed by atoms with van der Waals surface area (Å²) < 4.78 is 14.7. The standard InChI is InChI=1S/C19H23N3O7/c1-22-15(20-19(29-22,16(24)27-3)11-14(23)26-2)18(9-10-18)21-17(25)28-12-13-7-5-4-6-8-13/h4-8H,9-12H2,1-3H3,(H,21,25). The highest BCUT2D eigenvalue weighted by atomic mass is 16.7. The van der Waals surface area contributed by atoms with Gasteiger partial charge in [-0.25, -0.2) is 24.5 Å². The fraction of sp³-hybridized carbons (Fsp3) is 0.474. The fourth-order valence-corrected chi connectivity index (χ4v) is 3.08. The van der Waals surface area contributed by atoms with Crippen LogP contribution in [-0.2, 0) is 35.2 Å². The lowest BCUT2D eigenvalue weighted by atomic mass is 10.1. The number of carbonyl (C=O) groups excluding carboxylic acids is 3. The third kappa shape index (κ3) is 4.32. The molecule has 2 aliphatic rings. The van der Waals surface area contributed by atoms with Gasteiger partial charge in [0, 0.05) is 7.05 Å². The van der Waals surface area contributed by atoms with E-state index in [1.54, 1.807) is 0 Å². The van der Waals surface area contributed by atoms with Gasteiger partial charge in [0.05, 0.1) is 14.2 Å². The lowest BCUT2D eigenvalue weighted by Crippen LogP contribution is -2.48. The van der Waals surface area contributed by atoms with E-state index in [2.05, 4.69) is 15.0 Å². The Hall–Kier alpha value is -3.14. The summed E-state index contributed by atoms with van der Waals surface area (Å²) in [4.78, 5) is 46.3. The number of nitrogens with one attached hydrogen (secondary N) is 1. The van der Waals surface area contributed by atoms with Gasteiger partial charge in [0.15, 0.2) is 5.84 Å². The molecule has 1 heterocycles. The highest BCUT2D eigenvalue weighted by Crippen LogP contribution is 2.42. The Bertz CT molecular complexity index is 822. The van der Waals surface area contributed by atoms with Crippen molar-refractivity contribution in [2.75, 3.05) is 21.3 Å². The number of carbonyl (C=O) groups is 3. The number of nitrogens with zero attached hydrogens (tertiary/aromatic N) is 2. The molecule has 1 aliphatic carbocycles. The molecule has 1 aromatic rings. The SMILES string of the molecule is COC(=O)CC1(C(=O)OC)N=C(C2(NC(=O)OCc3ccccc3)CC2)N(C)O1. The molecule has 3 rings (SSSR count). The van der Waals surface area contributed by atoms with Crippen LogP contribution in [0.2, 0.25) is 0 Å². The molecule has 0 spiro atoms. The number of methoxy groups -OCH3 is 2. The molecule has 0 aromatic heterocycles. The smallest absolute Gasteiger partial charge is 0.408 e. The number of amides is 1. The molecule has 0 bridgehead atoms. The molecule has 1 unspecified atom stereocenters. The van der Waals surface area contributed by atoms with Crippen molar-refractivity contribution in [1.82, 2.24) is 10.4 Å². The fourth-order valence-electron chi connectivity index (χ4n) is 3.08. The summed E-state index contributed by atoms with van der Waals surface area (Å²) in [5, 5.41) is 4.06. The van der Waals surface area contributed by atoms with Crippen molar-refractivity contribution >= 4 is 23.9 Å². The van der Waals surface area contributed by atoms with Gasteiger partial charge in [-0.1, -0.05) is 30.3 Å². The molecule has 1 amide bonds. The van der Waals surface area contributed by atoms with Crippen LogP contribution in [0.1, 0.15) is 24.8 Å². The summed E-state index contributed by atoms with van der Waals surface area (Å²) in [5.41, 5.74) is -1.88. The minimum atomic E-state index is -1.89. The molecular formula is C19H23N3O7. The van der Waals surface area contributed by atoms with Gasteiger partial charge in [-0.05, 0) is 18.4 Å². The summed E-state index contributed by atoms with van der Waals surface area (Å²) >= 11 is 0. The lowest BCUT2D eigenvalue weighted by molar-refractivity contribution is -0.205. The van der Waals surface area contributed by atoms with E-state index in [1.807, 2.05) is 30.3 Å². The maximum atomic E-state index is 12.3. The number of hydrogen-bond acceptors (Lipinski definition) is 9. The van der Waals surface area contributed by atoms with E-state index in [0.29, 0.717) is 18.7 Å². The van der Waals surface area contributed by atoms with E-state index in [4.69, 9.17) is 14.3 Å². The van der Waals surface area contributed by atoms with E-state index >= 15 is 0 Å². The zero-order valence-electron chi connectivity index (χ0n) is 16.5. The number of aliphatic imine (C=N–C) groups is 1. The van der Waals surface area contributed by atoms with E-state index in [-0.39, 0.29) is 6.61 Å². The number of ether oxygens (including phenoxy) is 3. The predicted molar refractivity (Wildman–Crippen MR) is 99.4 cm³/mol. The molecule has 1 atom stereocenters. The molecule has 156 valence electrons. The second kappa shape index (κ2) is 8.08. The first-order chi connectivity index (χ1) is 13.8. The number of likely N-dealkylation sites (N-methyl/N-ethyl adjacent to an activating group) is 1. The molecule has 1 N–H and O–H groups in total. The Morgan fingerprint density at radius 1 is 1.17 bits per heavy atom. The summed E-state index contributed by atoms with van der Waals surface area (Å²) in [6, 6.07) is 9.28. The normalized spacial score (nSPS) is 21.8. The van der Waals surface area contributed by atoms with E-state index < -0.39 is 35.7 Å². The summed E-state index contributed by atoms with van der Waals surface area (Å²) in [5.74, 6) is -1.22. The van der Waals surface area contributed by atoms with Crippen LogP contribution in [0.4, 0.5) is 4.79 Å². The van der Waals surface area contributed by atoms with Crippen LogP contribution < -0.4 is 5.32 Å². The van der Waals surface area contributed by atoms with Gasteiger partial charge >= 0.3 is 18.0 Å². The number of esters is 2. The number of amidine groups is 1. The topological polar surface area (TPSA) is 116 Å². The second-order valence-corrected chi connectivity index (χ2v) is 6.82. The molecule has 1 fully saturated rings. The largest absolute Gasteiger partial charge is 0.469 e. The van der Waals surface area contributed by atoms with Crippen molar-refractivity contribution in [3.8, 4) is 0 Å². The van der Waals surface area contributed by atoms with E-state index in [0.717, 1.165) is 5.56 Å². The number of hydroxylamine groups is 2. The van der Waals surface area contributed by atoms with Crippen LogP contribution in [-0.4, -0.2) is 61.5 Å². The summed E-state index contributed by atoms with van der Waals surface area (Å²) in [7, 11) is 3.91. The molecule has 0 radical (unpaired) electrons. The van der Waals surface area contributed by atoms with Gasteiger partial charge in [0.25, 0.3) is 5.72 Å². The van der Waals surface area contributed by atoms with Gasteiger partial charge in [0.1, 0.15) is 18.6 Å². The maximum Gasteiger partial charge on any atom is 0.408 e. The van der Waals surface area contributed by atoms with Gasteiger partial charge in [0.2, 0.25) is 0 Å². The van der Waals surface area contributed by atoms with Gasteiger partial charge in [-0.3, -0.25) is 4.79 Å². The molecule has 10 nitrogen and oxygen atoms in total. The van der Waals surface area contributed by atoms with Crippen LogP contribution in [0.3, 0.4) is 0 Å². The molecular weight excluding hydrogens is 382 g/mol. The summed E-state index contributed by atoms with van der Waals surface area (Å²) in [6.07, 6.45) is 0.0784. The summed E-state index contributed by atoms with van der Waals surface area (Å²) in [6.45, 7) is 0.121. The number of hydrogen-bond donors (Lipinski definition) is 1. The van der Waals surface area contributed by atoms with Crippen molar-refractivity contribution in [2.45, 2.75) is 37.1 Å². The van der Waals surface area contributed by atoms with Crippen molar-refractivity contribution in [3.63, 3.8) is 0 Å². The Labute approximate surface area is 167 Å². The van der Waals surface area contributed by atoms with Gasteiger partial charge < -0.3 is 19.5 Å². The molecule has 1 aromatic carbocycles. The number of rotatable bonds is 7. The van der Waals surface area contributed by atoms with Crippen molar-refractivity contribution in [1.29, 1.82) is 0 Å². The zero-order valence-corrected chi connectivity index (χ0v) is 16.5. The van der Waals surface area contributed by atoms with Crippen molar-refractivity contribution < 1.29 is 33.4 Å². The zero-order chi connectivity index (χ0) is 21.1. The van der Waals surface area contributed by atoms with Crippen molar-refractivity contribution in [2.24, 2.45) is 4.99 Å². The average Bonchev–Trinajstić information content (AvgIpc) is 3.41. The molecule has 1 aliphatic heterocycles. The van der Waals surface area contributed by atoms with Crippen LogP contribution in [0.15, 0.2) is 35.3 Å². The first kappa shape index (κ1) is 20.6. The minimum absolute atomic E-state index is 0.121. The Balaban J connectivity index is 1.73. The maximum absolute atomic E-state index is 12.3. The molecule has 0 saturated heterocycles. The second-order valence-electron chi connectivity index (χ2n) is 6.82. The Morgan fingerprint density at radius 2 is 1.86 bits per heavy atom. The molecule has 10 heteroatoms. The van der Waals surface area contributed by atoms with E-state index in [1.165, 1.54) is 26.3 Å². The number of benzene rings is 1. The van der Waals surface area contributed by atoms with Crippen LogP contribution in [0, 0.1) is 0 Å². The quantitative estimate of drug-likeness (QED) is 0.531. The highest BCUT2D eigenvalue weighted by Gasteiger charge is 2.59. The number of alkyl carbamates (subject to hydrolysis) is 1. The lowest BCUT2D eigenvalue weighted by Gasteiger charge is -2.24. The monoisotopic (exact) mass is 405 g/mol.